The van der Waals surface area contributed by atoms with E-state index in [-0.39, 0.29) is 5.75 Å². The number of benzene rings is 1. The maximum Gasteiger partial charge on any atom is 0.315 e. The summed E-state index contributed by atoms with van der Waals surface area (Å²) in [6, 6.07) is 2.09. The fourth-order valence-corrected chi connectivity index (χ4v) is 1.24. The number of hydrogen-bond donors (Lipinski definition) is 2. The summed E-state index contributed by atoms with van der Waals surface area (Å²) >= 11 is 0. The predicted molar refractivity (Wildman–Crippen MR) is 58.4 cm³/mol. The van der Waals surface area contributed by atoms with Crippen molar-refractivity contribution >= 4 is 5.69 Å². The van der Waals surface area contributed by atoms with Gasteiger partial charge < -0.3 is 15.6 Å². The molecule has 6 heteroatoms. The normalized spacial score (nSPS) is 11.9. The van der Waals surface area contributed by atoms with E-state index in [4.69, 9.17) is 10.5 Å². The molecule has 1 rings (SSSR count). The summed E-state index contributed by atoms with van der Waals surface area (Å²) in [4.78, 5) is 9.98. The molecule has 0 saturated heterocycles. The fourth-order valence-electron chi connectivity index (χ4n) is 1.24. The molecule has 86 valence electrons. The van der Waals surface area contributed by atoms with Gasteiger partial charge in [-0.05, 0) is 11.6 Å². The van der Waals surface area contributed by atoms with Gasteiger partial charge in [-0.3, -0.25) is 10.1 Å². The summed E-state index contributed by atoms with van der Waals surface area (Å²) < 4.78 is 4.83. The predicted octanol–water partition coefficient (Wildman–Crippen LogP) is 1.49. The van der Waals surface area contributed by atoms with Crippen LogP contribution in [0.5, 0.6) is 11.5 Å². The molecule has 0 saturated carbocycles. The first-order chi connectivity index (χ1) is 7.51. The Labute approximate surface area is 92.1 Å². The lowest BCUT2D eigenvalue weighted by Crippen LogP contribution is -2.07. The number of nitrogens with zero attached hydrogens (tertiary/aromatic N) is 1. The summed E-state index contributed by atoms with van der Waals surface area (Å²) in [5.41, 5.74) is 5.68. The average molecular weight is 224 g/mol. The van der Waals surface area contributed by atoms with Crippen LogP contribution in [-0.4, -0.2) is 17.1 Å². The van der Waals surface area contributed by atoms with Gasteiger partial charge >= 0.3 is 5.69 Å². The smallest absolute Gasteiger partial charge is 0.315 e. The van der Waals surface area contributed by atoms with Crippen molar-refractivity contribution in [3.8, 4) is 11.5 Å². The molecular formula is C10H12N2O4. The molecule has 0 radical (unpaired) electrons. The number of phenolic OH excluding ortho intramolecular Hbond substituents is 1. The molecule has 6 nitrogen and oxygen atoms in total. The number of aromatic hydroxyl groups is 1. The van der Waals surface area contributed by atoms with Gasteiger partial charge in [0.25, 0.3) is 0 Å². The molecule has 1 aromatic carbocycles. The molecule has 0 aliphatic carbocycles. The van der Waals surface area contributed by atoms with E-state index in [1.165, 1.54) is 25.3 Å². The molecule has 0 aromatic heterocycles. The van der Waals surface area contributed by atoms with Gasteiger partial charge in [-0.1, -0.05) is 6.08 Å². The van der Waals surface area contributed by atoms with Crippen LogP contribution in [0.1, 0.15) is 11.6 Å². The summed E-state index contributed by atoms with van der Waals surface area (Å²) in [5.74, 6) is -0.492. The number of ether oxygens (including phenoxy) is 1. The van der Waals surface area contributed by atoms with E-state index in [1.807, 2.05) is 0 Å². The molecule has 0 aliphatic heterocycles. The Bertz CT molecular complexity index is 431. The van der Waals surface area contributed by atoms with Gasteiger partial charge in [-0.15, -0.1) is 6.58 Å². The topological polar surface area (TPSA) is 98.6 Å². The Morgan fingerprint density at radius 3 is 2.75 bits per heavy atom. The Hall–Kier alpha value is -2.08. The van der Waals surface area contributed by atoms with E-state index in [1.54, 1.807) is 0 Å². The highest BCUT2D eigenvalue weighted by atomic mass is 16.6. The highest BCUT2D eigenvalue weighted by Crippen LogP contribution is 2.38. The number of rotatable bonds is 4. The lowest BCUT2D eigenvalue weighted by molar-refractivity contribution is -0.386. The minimum absolute atomic E-state index is 0.0153. The third-order valence-corrected chi connectivity index (χ3v) is 2.13. The Morgan fingerprint density at radius 1 is 1.69 bits per heavy atom. The van der Waals surface area contributed by atoms with Crippen LogP contribution >= 0.6 is 0 Å². The van der Waals surface area contributed by atoms with E-state index in [2.05, 4.69) is 6.58 Å². The first kappa shape index (κ1) is 12.0. The minimum atomic E-state index is -0.697. The molecule has 1 aromatic rings. The zero-order valence-corrected chi connectivity index (χ0v) is 8.71. The van der Waals surface area contributed by atoms with Crippen molar-refractivity contribution in [2.45, 2.75) is 6.04 Å². The van der Waals surface area contributed by atoms with E-state index < -0.39 is 22.4 Å². The average Bonchev–Trinajstić information content (AvgIpc) is 2.27. The third-order valence-electron chi connectivity index (χ3n) is 2.13. The van der Waals surface area contributed by atoms with Crippen LogP contribution in [0.2, 0.25) is 0 Å². The maximum absolute atomic E-state index is 10.7. The third kappa shape index (κ3) is 2.12. The van der Waals surface area contributed by atoms with E-state index in [9.17, 15) is 15.2 Å². The molecule has 0 aliphatic rings. The minimum Gasteiger partial charge on any atom is -0.500 e. The van der Waals surface area contributed by atoms with Gasteiger partial charge in [0.1, 0.15) is 0 Å². The van der Waals surface area contributed by atoms with Crippen LogP contribution in [0.15, 0.2) is 24.8 Å². The van der Waals surface area contributed by atoms with Crippen LogP contribution in [0.3, 0.4) is 0 Å². The van der Waals surface area contributed by atoms with E-state index >= 15 is 0 Å². The lowest BCUT2D eigenvalue weighted by atomic mass is 10.1. The number of methoxy groups -OCH3 is 1. The standard InChI is InChI=1S/C10H12N2O4/c1-3-7(11)6-4-8(12(14)15)10(13)9(5-6)16-2/h3-5,7,13H,1,11H2,2H3/t7-/m1/s1. The maximum atomic E-state index is 10.7. The second-order valence-electron chi connectivity index (χ2n) is 3.11. The molecule has 0 amide bonds. The number of nitrogens with two attached hydrogens (primary N) is 1. The van der Waals surface area contributed by atoms with Crippen LogP contribution in [0, 0.1) is 10.1 Å². The SMILES string of the molecule is C=C[C@@H](N)c1cc(OC)c(O)c([N+](=O)[O-])c1. The summed E-state index contributed by atoms with van der Waals surface area (Å²) in [5, 5.41) is 20.2. The highest BCUT2D eigenvalue weighted by Gasteiger charge is 2.21. The number of nitro groups is 1. The van der Waals surface area contributed by atoms with Crippen molar-refractivity contribution in [1.29, 1.82) is 0 Å². The van der Waals surface area contributed by atoms with Gasteiger partial charge in [-0.2, -0.15) is 0 Å². The lowest BCUT2D eigenvalue weighted by Gasteiger charge is -2.10. The van der Waals surface area contributed by atoms with Crippen molar-refractivity contribution in [3.05, 3.63) is 40.5 Å². The largest absolute Gasteiger partial charge is 0.500 e. The summed E-state index contributed by atoms with van der Waals surface area (Å²) in [6.07, 6.45) is 1.44. The first-order valence-electron chi connectivity index (χ1n) is 4.44. The molecule has 0 heterocycles. The summed E-state index contributed by atoms with van der Waals surface area (Å²) in [6.45, 7) is 3.49. The van der Waals surface area contributed by atoms with Gasteiger partial charge in [-0.25, -0.2) is 0 Å². The zero-order chi connectivity index (χ0) is 12.3. The van der Waals surface area contributed by atoms with Crippen molar-refractivity contribution in [1.82, 2.24) is 0 Å². The zero-order valence-electron chi connectivity index (χ0n) is 8.71. The molecule has 3 N–H and O–H groups in total. The molecule has 0 fully saturated rings. The Morgan fingerprint density at radius 2 is 2.31 bits per heavy atom. The van der Waals surface area contributed by atoms with Crippen molar-refractivity contribution < 1.29 is 14.8 Å². The molecule has 0 unspecified atom stereocenters. The Kier molecular flexibility index (Phi) is 3.47. The fraction of sp³-hybridized carbons (Fsp3) is 0.200. The molecule has 16 heavy (non-hydrogen) atoms. The first-order valence-corrected chi connectivity index (χ1v) is 4.44. The van der Waals surface area contributed by atoms with Gasteiger partial charge in [0, 0.05) is 12.1 Å². The van der Waals surface area contributed by atoms with Crippen LogP contribution in [0.4, 0.5) is 5.69 Å². The number of phenols is 1. The second kappa shape index (κ2) is 4.63. The van der Waals surface area contributed by atoms with Crippen LogP contribution in [0.25, 0.3) is 0 Å². The number of nitro benzene ring substituents is 1. The van der Waals surface area contributed by atoms with E-state index in [0.717, 1.165) is 0 Å². The molecule has 0 bridgehead atoms. The summed E-state index contributed by atoms with van der Waals surface area (Å²) in [7, 11) is 1.31. The molecule has 1 atom stereocenters. The molecule has 0 spiro atoms. The van der Waals surface area contributed by atoms with Crippen molar-refractivity contribution in [2.75, 3.05) is 7.11 Å². The van der Waals surface area contributed by atoms with Crippen molar-refractivity contribution in [3.63, 3.8) is 0 Å². The quantitative estimate of drug-likeness (QED) is 0.458. The Balaban J connectivity index is 3.39. The van der Waals surface area contributed by atoms with Gasteiger partial charge in [0.05, 0.1) is 12.0 Å². The molecular weight excluding hydrogens is 212 g/mol. The van der Waals surface area contributed by atoms with Gasteiger partial charge in [0.15, 0.2) is 5.75 Å². The van der Waals surface area contributed by atoms with Gasteiger partial charge in [0.2, 0.25) is 5.75 Å². The monoisotopic (exact) mass is 224 g/mol. The second-order valence-corrected chi connectivity index (χ2v) is 3.11. The van der Waals surface area contributed by atoms with Crippen LogP contribution < -0.4 is 10.5 Å². The van der Waals surface area contributed by atoms with Crippen molar-refractivity contribution in [2.24, 2.45) is 5.73 Å². The van der Waals surface area contributed by atoms with Crippen LogP contribution in [-0.2, 0) is 0 Å². The number of hydrogen-bond acceptors (Lipinski definition) is 5. The van der Waals surface area contributed by atoms with E-state index in [0.29, 0.717) is 5.56 Å². The highest BCUT2D eigenvalue weighted by molar-refractivity contribution is 5.57.